The van der Waals surface area contributed by atoms with Crippen LogP contribution in [-0.2, 0) is 0 Å². The van der Waals surface area contributed by atoms with Crippen LogP contribution in [0.2, 0.25) is 0 Å². The van der Waals surface area contributed by atoms with E-state index in [1.165, 1.54) is 0 Å². The number of nitrogens with one attached hydrogen (secondary N) is 2. The molecule has 0 saturated heterocycles. The Morgan fingerprint density at radius 2 is 1.13 bits per heavy atom. The van der Waals surface area contributed by atoms with Crippen LogP contribution in [0.3, 0.4) is 0 Å². The van der Waals surface area contributed by atoms with Crippen molar-refractivity contribution in [2.75, 3.05) is 13.2 Å². The molecule has 0 fully saturated rings. The molecule has 2 aromatic rings. The van der Waals surface area contributed by atoms with Gasteiger partial charge in [-0.2, -0.15) is 0 Å². The number of amides is 2. The summed E-state index contributed by atoms with van der Waals surface area (Å²) >= 11 is 0. The van der Waals surface area contributed by atoms with E-state index < -0.39 is 11.8 Å². The van der Waals surface area contributed by atoms with Crippen LogP contribution in [0.5, 0.6) is 0 Å². The molecule has 4 N–H and O–H groups in total. The average molecular weight is 415 g/mol. The number of aliphatic hydroxyl groups is 2. The highest BCUT2D eigenvalue weighted by Crippen LogP contribution is 2.21. The fourth-order valence-corrected chi connectivity index (χ4v) is 3.64. The van der Waals surface area contributed by atoms with Crippen LogP contribution in [0.15, 0.2) is 36.4 Å². The standard InChI is InChI=1S/C24H34N2O4/c1-15(2)9-19(13-27)25-23(29)21-11-17-7-5-6-8-18(17)12-22(21)24(30)26-20(14-28)10-16(3)4/h5-8,11-12,15-16,19-20,27-28H,9-10,13-14H2,1-4H3,(H,25,29)(H,26,30)/t19-,20-/m0/s1. The molecule has 2 atom stereocenters. The first-order valence-electron chi connectivity index (χ1n) is 10.6. The van der Waals surface area contributed by atoms with Gasteiger partial charge in [0.1, 0.15) is 0 Å². The smallest absolute Gasteiger partial charge is 0.252 e. The molecule has 2 rings (SSSR count). The van der Waals surface area contributed by atoms with Crippen LogP contribution in [0.1, 0.15) is 61.3 Å². The van der Waals surface area contributed by atoms with Gasteiger partial charge in [0.2, 0.25) is 0 Å². The van der Waals surface area contributed by atoms with E-state index in [0.29, 0.717) is 24.7 Å². The van der Waals surface area contributed by atoms with Crippen molar-refractivity contribution < 1.29 is 19.8 Å². The molecular formula is C24H34N2O4. The van der Waals surface area contributed by atoms with Gasteiger partial charge in [0, 0.05) is 0 Å². The van der Waals surface area contributed by atoms with Crippen LogP contribution in [0, 0.1) is 11.8 Å². The largest absolute Gasteiger partial charge is 0.394 e. The number of benzene rings is 2. The van der Waals surface area contributed by atoms with Crippen molar-refractivity contribution >= 4 is 22.6 Å². The van der Waals surface area contributed by atoms with Crippen LogP contribution in [0.25, 0.3) is 10.8 Å². The Bertz CT molecular complexity index is 793. The molecule has 0 aromatic heterocycles. The summed E-state index contributed by atoms with van der Waals surface area (Å²) in [5, 5.41) is 26.7. The summed E-state index contributed by atoms with van der Waals surface area (Å²) < 4.78 is 0. The third-order valence-corrected chi connectivity index (χ3v) is 5.00. The summed E-state index contributed by atoms with van der Waals surface area (Å²) in [5.41, 5.74) is 0.518. The summed E-state index contributed by atoms with van der Waals surface area (Å²) in [6.45, 7) is 7.75. The van der Waals surface area contributed by atoms with E-state index in [1.54, 1.807) is 12.1 Å². The monoisotopic (exact) mass is 414 g/mol. The third kappa shape index (κ3) is 6.54. The SMILES string of the molecule is CC(C)C[C@@H](CO)NC(=O)c1cc2ccccc2cc1C(=O)N[C@H](CO)CC(C)C. The summed E-state index contributed by atoms with van der Waals surface area (Å²) in [6.07, 6.45) is 1.27. The first-order valence-corrected chi connectivity index (χ1v) is 10.6. The maximum atomic E-state index is 13.0. The number of aliphatic hydroxyl groups excluding tert-OH is 2. The van der Waals surface area contributed by atoms with E-state index in [9.17, 15) is 19.8 Å². The maximum Gasteiger partial charge on any atom is 0.252 e. The molecule has 30 heavy (non-hydrogen) atoms. The molecule has 0 saturated carbocycles. The lowest BCUT2D eigenvalue weighted by molar-refractivity contribution is 0.0874. The number of fused-ring (bicyclic) bond motifs is 1. The normalized spacial score (nSPS) is 13.5. The van der Waals surface area contributed by atoms with Crippen molar-refractivity contribution in [2.24, 2.45) is 11.8 Å². The number of hydrogen-bond donors (Lipinski definition) is 4. The van der Waals surface area contributed by atoms with Crippen LogP contribution < -0.4 is 10.6 Å². The van der Waals surface area contributed by atoms with Crippen molar-refractivity contribution in [1.29, 1.82) is 0 Å². The summed E-state index contributed by atoms with van der Waals surface area (Å²) in [4.78, 5) is 26.1. The highest BCUT2D eigenvalue weighted by molar-refractivity contribution is 6.10. The van der Waals surface area contributed by atoms with E-state index in [-0.39, 0.29) is 36.4 Å². The molecule has 0 radical (unpaired) electrons. The molecular weight excluding hydrogens is 380 g/mol. The second-order valence-electron chi connectivity index (χ2n) is 8.71. The van der Waals surface area contributed by atoms with Crippen LogP contribution in [0.4, 0.5) is 0 Å². The average Bonchev–Trinajstić information content (AvgIpc) is 2.70. The van der Waals surface area contributed by atoms with Crippen LogP contribution in [-0.4, -0.2) is 47.3 Å². The molecule has 0 unspecified atom stereocenters. The predicted octanol–water partition coefficient (Wildman–Crippen LogP) is 3.11. The lowest BCUT2D eigenvalue weighted by Crippen LogP contribution is -2.41. The van der Waals surface area contributed by atoms with E-state index in [1.807, 2.05) is 52.0 Å². The van der Waals surface area contributed by atoms with Gasteiger partial charge in [0.15, 0.2) is 0 Å². The van der Waals surface area contributed by atoms with Gasteiger partial charge >= 0.3 is 0 Å². The van der Waals surface area contributed by atoms with Gasteiger partial charge < -0.3 is 20.8 Å². The van der Waals surface area contributed by atoms with Gasteiger partial charge in [0.25, 0.3) is 11.8 Å². The van der Waals surface area contributed by atoms with E-state index in [4.69, 9.17) is 0 Å². The second kappa shape index (κ2) is 11.1. The quantitative estimate of drug-likeness (QED) is 0.480. The minimum atomic E-state index is -0.394. The number of carbonyl (C=O) groups excluding carboxylic acids is 2. The van der Waals surface area contributed by atoms with Crippen molar-refractivity contribution in [3.63, 3.8) is 0 Å². The zero-order chi connectivity index (χ0) is 22.3. The molecule has 2 amide bonds. The molecule has 6 heteroatoms. The minimum absolute atomic E-state index is 0.167. The molecule has 0 aliphatic rings. The van der Waals surface area contributed by atoms with Crippen molar-refractivity contribution in [3.8, 4) is 0 Å². The van der Waals surface area contributed by atoms with Crippen molar-refractivity contribution in [3.05, 3.63) is 47.5 Å². The van der Waals surface area contributed by atoms with Crippen molar-refractivity contribution in [2.45, 2.75) is 52.6 Å². The first-order chi connectivity index (χ1) is 14.2. The minimum Gasteiger partial charge on any atom is -0.394 e. The zero-order valence-corrected chi connectivity index (χ0v) is 18.3. The van der Waals surface area contributed by atoms with Gasteiger partial charge in [-0.15, -0.1) is 0 Å². The molecule has 0 bridgehead atoms. The Morgan fingerprint density at radius 3 is 1.43 bits per heavy atom. The number of carbonyl (C=O) groups is 2. The van der Waals surface area contributed by atoms with E-state index >= 15 is 0 Å². The lowest BCUT2D eigenvalue weighted by atomic mass is 9.97. The summed E-state index contributed by atoms with van der Waals surface area (Å²) in [7, 11) is 0. The first kappa shape index (κ1) is 23.8. The van der Waals surface area contributed by atoms with Gasteiger partial charge in [0.05, 0.1) is 36.4 Å². The summed E-state index contributed by atoms with van der Waals surface area (Å²) in [5.74, 6) is -0.170. The summed E-state index contributed by atoms with van der Waals surface area (Å²) in [6, 6.07) is 10.2. The Labute approximate surface area is 178 Å². The topological polar surface area (TPSA) is 98.7 Å². The molecule has 0 heterocycles. The molecule has 2 aromatic carbocycles. The van der Waals surface area contributed by atoms with E-state index in [2.05, 4.69) is 10.6 Å². The molecule has 6 nitrogen and oxygen atoms in total. The van der Waals surface area contributed by atoms with Gasteiger partial charge in [-0.3, -0.25) is 9.59 Å². The molecule has 0 spiro atoms. The lowest BCUT2D eigenvalue weighted by Gasteiger charge is -2.21. The highest BCUT2D eigenvalue weighted by atomic mass is 16.3. The Morgan fingerprint density at radius 1 is 0.767 bits per heavy atom. The fourth-order valence-electron chi connectivity index (χ4n) is 3.64. The van der Waals surface area contributed by atoms with Gasteiger partial charge in [-0.1, -0.05) is 52.0 Å². The van der Waals surface area contributed by atoms with E-state index in [0.717, 1.165) is 10.8 Å². The fraction of sp³-hybridized carbons (Fsp3) is 0.500. The molecule has 0 aliphatic carbocycles. The molecule has 164 valence electrons. The number of hydrogen-bond acceptors (Lipinski definition) is 4. The Balaban J connectivity index is 2.39. The maximum absolute atomic E-state index is 13.0. The van der Waals surface area contributed by atoms with Crippen LogP contribution >= 0.6 is 0 Å². The Kier molecular flexibility index (Phi) is 8.81. The predicted molar refractivity (Wildman–Crippen MR) is 120 cm³/mol. The Hall–Kier alpha value is -2.44. The second-order valence-corrected chi connectivity index (χ2v) is 8.71. The number of rotatable bonds is 10. The zero-order valence-electron chi connectivity index (χ0n) is 18.3. The third-order valence-electron chi connectivity index (χ3n) is 5.00. The van der Waals surface area contributed by atoms with Gasteiger partial charge in [-0.25, -0.2) is 0 Å². The highest BCUT2D eigenvalue weighted by Gasteiger charge is 2.23. The van der Waals surface area contributed by atoms with Gasteiger partial charge in [-0.05, 0) is 47.6 Å². The van der Waals surface area contributed by atoms with Crippen molar-refractivity contribution in [1.82, 2.24) is 10.6 Å². The molecule has 0 aliphatic heterocycles.